The normalized spacial score (nSPS) is 20.2. The fourth-order valence-corrected chi connectivity index (χ4v) is 3.35. The van der Waals surface area contributed by atoms with Crippen LogP contribution in [0.15, 0.2) is 72.2 Å². The second kappa shape index (κ2) is 7.51. The number of amides is 1. The second-order valence-corrected chi connectivity index (χ2v) is 6.23. The third-order valence-electron chi connectivity index (χ3n) is 4.62. The van der Waals surface area contributed by atoms with Gasteiger partial charge >= 0.3 is 0 Å². The van der Waals surface area contributed by atoms with E-state index in [0.717, 1.165) is 16.8 Å². The molecule has 27 heavy (non-hydrogen) atoms. The number of carbonyl (C=O) groups excluding carboxylic acids is 1. The molecule has 0 spiro atoms. The van der Waals surface area contributed by atoms with Crippen molar-refractivity contribution >= 4 is 11.6 Å². The van der Waals surface area contributed by atoms with Crippen LogP contribution in [0.2, 0.25) is 0 Å². The number of oxime groups is 1. The highest BCUT2D eigenvalue weighted by Crippen LogP contribution is 2.24. The molecule has 1 N–H and O–H groups in total. The predicted molar refractivity (Wildman–Crippen MR) is 101 cm³/mol. The van der Waals surface area contributed by atoms with Gasteiger partial charge in [0.15, 0.2) is 6.17 Å². The second-order valence-electron chi connectivity index (χ2n) is 6.23. The molecule has 0 saturated carbocycles. The Labute approximate surface area is 157 Å². The number of nitrogens with one attached hydrogen (secondary N) is 1. The Balaban J connectivity index is 1.57. The van der Waals surface area contributed by atoms with Gasteiger partial charge in [0.2, 0.25) is 0 Å². The van der Waals surface area contributed by atoms with E-state index in [0.29, 0.717) is 18.5 Å². The molecule has 2 heterocycles. The number of nitrogens with zero attached hydrogens (tertiary/aromatic N) is 3. The van der Waals surface area contributed by atoms with E-state index >= 15 is 0 Å². The lowest BCUT2D eigenvalue weighted by Crippen LogP contribution is -2.51. The maximum Gasteiger partial charge on any atom is 0.255 e. The van der Waals surface area contributed by atoms with Crippen molar-refractivity contribution in [2.24, 2.45) is 5.16 Å². The minimum Gasteiger partial charge on any atom is -0.399 e. The zero-order chi connectivity index (χ0) is 18.6. The molecule has 0 aliphatic carbocycles. The van der Waals surface area contributed by atoms with Gasteiger partial charge in [-0.15, -0.1) is 0 Å². The monoisotopic (exact) mass is 364 g/mol. The first-order valence-electron chi connectivity index (χ1n) is 8.70. The smallest absolute Gasteiger partial charge is 0.255 e. The Bertz CT molecular complexity index is 865. The highest BCUT2D eigenvalue weighted by molar-refractivity contribution is 6.01. The summed E-state index contributed by atoms with van der Waals surface area (Å²) >= 11 is 0. The van der Waals surface area contributed by atoms with Crippen molar-refractivity contribution in [3.05, 3.63) is 72.6 Å². The summed E-state index contributed by atoms with van der Waals surface area (Å²) in [6.45, 7) is 0.554. The zero-order valence-electron chi connectivity index (χ0n) is 14.9. The van der Waals surface area contributed by atoms with Crippen LogP contribution in [0.3, 0.4) is 0 Å². The van der Waals surface area contributed by atoms with Gasteiger partial charge in [0.05, 0.1) is 6.20 Å². The van der Waals surface area contributed by atoms with Gasteiger partial charge in [-0.2, -0.15) is 0 Å². The summed E-state index contributed by atoms with van der Waals surface area (Å²) in [5.74, 6) is -0.0667. The molecule has 138 valence electrons. The first-order chi connectivity index (χ1) is 13.3. The summed E-state index contributed by atoms with van der Waals surface area (Å²) in [6, 6.07) is 17.7. The van der Waals surface area contributed by atoms with Crippen molar-refractivity contribution in [1.29, 1.82) is 0 Å². The summed E-state index contributed by atoms with van der Waals surface area (Å²) in [5, 5.41) is 5.78. The van der Waals surface area contributed by atoms with Gasteiger partial charge in [-0.05, 0) is 23.3 Å². The molecule has 1 amide bonds. The van der Waals surface area contributed by atoms with Crippen LogP contribution in [0.1, 0.15) is 16.8 Å². The lowest BCUT2D eigenvalue weighted by atomic mass is 10.0. The van der Waals surface area contributed by atoms with Gasteiger partial charge in [0, 0.05) is 18.5 Å². The maximum absolute atomic E-state index is 13.1. The van der Waals surface area contributed by atoms with Crippen molar-refractivity contribution in [1.82, 2.24) is 15.5 Å². The summed E-state index contributed by atoms with van der Waals surface area (Å²) in [7, 11) is 1.50. The molecule has 0 radical (unpaired) electrons. The van der Waals surface area contributed by atoms with Crippen LogP contribution in [0, 0.1) is 0 Å². The van der Waals surface area contributed by atoms with Crippen molar-refractivity contribution in [3.63, 3.8) is 0 Å². The third kappa shape index (κ3) is 3.37. The number of likely N-dealkylation sites (tertiary alicyclic amines) is 1. The molecule has 2 aromatic carbocycles. The molecule has 0 aromatic heterocycles. The summed E-state index contributed by atoms with van der Waals surface area (Å²) < 4.78 is 0. The molecule has 2 aromatic rings. The number of benzene rings is 2. The van der Waals surface area contributed by atoms with Crippen LogP contribution in [-0.4, -0.2) is 41.3 Å². The van der Waals surface area contributed by atoms with Gasteiger partial charge in [0.1, 0.15) is 19.1 Å². The predicted octanol–water partition coefficient (Wildman–Crippen LogP) is 2.75. The molecule has 2 aliphatic heterocycles. The maximum atomic E-state index is 13.1. The van der Waals surface area contributed by atoms with E-state index < -0.39 is 6.17 Å². The number of rotatable bonds is 4. The van der Waals surface area contributed by atoms with Crippen LogP contribution in [0.4, 0.5) is 0 Å². The Hall–Kier alpha value is -3.32. The molecule has 2 aliphatic rings. The third-order valence-corrected chi connectivity index (χ3v) is 4.62. The van der Waals surface area contributed by atoms with Gasteiger partial charge in [-0.1, -0.05) is 53.2 Å². The van der Waals surface area contributed by atoms with Crippen molar-refractivity contribution in [3.8, 4) is 11.1 Å². The van der Waals surface area contributed by atoms with Gasteiger partial charge < -0.3 is 14.6 Å². The first-order valence-corrected chi connectivity index (χ1v) is 8.70. The average Bonchev–Trinajstić information content (AvgIpc) is 3.38. The fraction of sp³-hybridized carbons (Fsp3) is 0.200. The molecule has 7 nitrogen and oxygen atoms in total. The Kier molecular flexibility index (Phi) is 4.76. The van der Waals surface area contributed by atoms with E-state index in [2.05, 4.69) is 10.7 Å². The van der Waals surface area contributed by atoms with E-state index in [9.17, 15) is 4.79 Å². The molecule has 0 bridgehead atoms. The lowest BCUT2D eigenvalue weighted by molar-refractivity contribution is -0.00827. The number of carbonyl (C=O) groups is 1. The lowest BCUT2D eigenvalue weighted by Gasteiger charge is -2.30. The van der Waals surface area contributed by atoms with E-state index in [1.807, 2.05) is 54.6 Å². The average molecular weight is 364 g/mol. The standard InChI is InChI=1S/C20H20N4O3/c1-26-21-18-11-12-23(19(18)24-13-14-27-22-24)20(25)17-9-7-16(8-10-17)15-5-3-2-4-6-15/h2-10,13-14,19,22H,11-12H2,1H3. The van der Waals surface area contributed by atoms with Crippen molar-refractivity contribution in [2.45, 2.75) is 12.6 Å². The summed E-state index contributed by atoms with van der Waals surface area (Å²) in [6.07, 6.45) is 3.48. The molecule has 7 heteroatoms. The van der Waals surface area contributed by atoms with Crippen LogP contribution < -0.4 is 5.59 Å². The Morgan fingerprint density at radius 2 is 1.89 bits per heavy atom. The van der Waals surface area contributed by atoms with Crippen LogP contribution in [0.5, 0.6) is 0 Å². The number of hydrogen-bond acceptors (Lipinski definition) is 6. The molecule has 1 unspecified atom stereocenters. The van der Waals surface area contributed by atoms with E-state index in [1.54, 1.807) is 16.1 Å². The van der Waals surface area contributed by atoms with E-state index in [1.165, 1.54) is 13.4 Å². The number of hydrazine groups is 1. The quantitative estimate of drug-likeness (QED) is 0.845. The molecule has 1 fully saturated rings. The number of hydrogen-bond donors (Lipinski definition) is 1. The molecule has 4 rings (SSSR count). The first kappa shape index (κ1) is 17.1. The van der Waals surface area contributed by atoms with Gasteiger partial charge in [0.25, 0.3) is 5.91 Å². The zero-order valence-corrected chi connectivity index (χ0v) is 14.9. The summed E-state index contributed by atoms with van der Waals surface area (Å²) in [5.41, 5.74) is 6.32. The molecular weight excluding hydrogens is 344 g/mol. The van der Waals surface area contributed by atoms with E-state index in [4.69, 9.17) is 9.68 Å². The van der Waals surface area contributed by atoms with Gasteiger partial charge in [-0.25, -0.2) is 0 Å². The Morgan fingerprint density at radius 1 is 1.15 bits per heavy atom. The van der Waals surface area contributed by atoms with Crippen LogP contribution in [-0.2, 0) is 9.68 Å². The van der Waals surface area contributed by atoms with Gasteiger partial charge in [-0.3, -0.25) is 9.80 Å². The van der Waals surface area contributed by atoms with Crippen LogP contribution >= 0.6 is 0 Å². The highest BCUT2D eigenvalue weighted by atomic mass is 16.7. The topological polar surface area (TPSA) is 66.4 Å². The minimum absolute atomic E-state index is 0.0667. The molecule has 1 saturated heterocycles. The van der Waals surface area contributed by atoms with Crippen molar-refractivity contribution < 1.29 is 14.5 Å². The highest BCUT2D eigenvalue weighted by Gasteiger charge is 2.39. The molecule has 1 atom stereocenters. The van der Waals surface area contributed by atoms with Crippen molar-refractivity contribution in [2.75, 3.05) is 13.7 Å². The molecular formula is C20H20N4O3. The Morgan fingerprint density at radius 3 is 2.56 bits per heavy atom. The summed E-state index contributed by atoms with van der Waals surface area (Å²) in [4.78, 5) is 24.9. The largest absolute Gasteiger partial charge is 0.399 e. The SMILES string of the molecule is CON=C1CCN(C(=O)c2ccc(-c3ccccc3)cc2)C1N1C=CON1. The van der Waals surface area contributed by atoms with E-state index in [-0.39, 0.29) is 5.91 Å². The minimum atomic E-state index is -0.398. The fourth-order valence-electron chi connectivity index (χ4n) is 3.35. The van der Waals surface area contributed by atoms with Crippen LogP contribution in [0.25, 0.3) is 11.1 Å².